The van der Waals surface area contributed by atoms with Crippen molar-refractivity contribution in [1.29, 1.82) is 0 Å². The predicted molar refractivity (Wildman–Crippen MR) is 55.1 cm³/mol. The lowest BCUT2D eigenvalue weighted by atomic mass is 10.1. The Morgan fingerprint density at radius 1 is 1.60 bits per heavy atom. The van der Waals surface area contributed by atoms with Gasteiger partial charge in [0, 0.05) is 6.04 Å². The molecule has 4 N–H and O–H groups in total. The van der Waals surface area contributed by atoms with Gasteiger partial charge in [0.2, 0.25) is 5.91 Å². The van der Waals surface area contributed by atoms with Crippen molar-refractivity contribution < 1.29 is 14.7 Å². The Hall–Kier alpha value is -1.36. The Kier molecular flexibility index (Phi) is 3.85. The van der Waals surface area contributed by atoms with Crippen LogP contribution in [0.3, 0.4) is 0 Å². The molecular formula is C10H16N2O3. The van der Waals surface area contributed by atoms with Gasteiger partial charge in [-0.2, -0.15) is 0 Å². The summed E-state index contributed by atoms with van der Waals surface area (Å²) in [6.45, 7) is 1.72. The number of carboxylic acid groups (broad SMARTS) is 1. The minimum atomic E-state index is -1.00. The Bertz CT molecular complexity index is 288. The van der Waals surface area contributed by atoms with Gasteiger partial charge in [0.05, 0.1) is 5.92 Å². The van der Waals surface area contributed by atoms with Crippen LogP contribution in [0.2, 0.25) is 0 Å². The second-order valence-corrected chi connectivity index (χ2v) is 3.70. The molecule has 0 fully saturated rings. The summed E-state index contributed by atoms with van der Waals surface area (Å²) in [5, 5.41) is 11.2. The number of nitrogens with one attached hydrogen (secondary N) is 1. The van der Waals surface area contributed by atoms with E-state index in [-0.39, 0.29) is 17.9 Å². The van der Waals surface area contributed by atoms with Crippen LogP contribution in [0.25, 0.3) is 0 Å². The van der Waals surface area contributed by atoms with Crippen LogP contribution in [0.15, 0.2) is 12.2 Å². The zero-order valence-electron chi connectivity index (χ0n) is 8.64. The van der Waals surface area contributed by atoms with E-state index in [0.717, 1.165) is 0 Å². The fourth-order valence-corrected chi connectivity index (χ4v) is 1.54. The second kappa shape index (κ2) is 4.93. The average Bonchev–Trinajstić information content (AvgIpc) is 2.60. The van der Waals surface area contributed by atoms with E-state index in [1.165, 1.54) is 0 Å². The van der Waals surface area contributed by atoms with Crippen molar-refractivity contribution in [3.05, 3.63) is 12.2 Å². The highest BCUT2D eigenvalue weighted by molar-refractivity contribution is 5.86. The molecule has 0 saturated heterocycles. The lowest BCUT2D eigenvalue weighted by Gasteiger charge is -2.15. The lowest BCUT2D eigenvalue weighted by Crippen LogP contribution is -2.43. The third-order valence-electron chi connectivity index (χ3n) is 2.48. The second-order valence-electron chi connectivity index (χ2n) is 3.70. The molecule has 0 aromatic rings. The van der Waals surface area contributed by atoms with E-state index in [4.69, 9.17) is 10.8 Å². The number of carbonyl (C=O) groups is 2. The number of rotatable bonds is 4. The van der Waals surface area contributed by atoms with E-state index < -0.39 is 12.0 Å². The molecule has 0 aromatic carbocycles. The number of hydrogen-bond acceptors (Lipinski definition) is 3. The van der Waals surface area contributed by atoms with Gasteiger partial charge in [-0.15, -0.1) is 0 Å². The molecule has 3 unspecified atom stereocenters. The van der Waals surface area contributed by atoms with Crippen molar-refractivity contribution in [2.75, 3.05) is 0 Å². The first-order chi connectivity index (χ1) is 7.04. The van der Waals surface area contributed by atoms with Crippen LogP contribution in [-0.4, -0.2) is 29.1 Å². The lowest BCUT2D eigenvalue weighted by molar-refractivity contribution is -0.142. The van der Waals surface area contributed by atoms with Crippen LogP contribution in [0, 0.1) is 5.92 Å². The molecular weight excluding hydrogens is 196 g/mol. The highest BCUT2D eigenvalue weighted by Crippen LogP contribution is 2.16. The van der Waals surface area contributed by atoms with Gasteiger partial charge in [0.15, 0.2) is 0 Å². The molecule has 5 heteroatoms. The van der Waals surface area contributed by atoms with Crippen LogP contribution in [0.4, 0.5) is 0 Å². The molecule has 0 radical (unpaired) electrons. The summed E-state index contributed by atoms with van der Waals surface area (Å²) < 4.78 is 0. The Balaban J connectivity index is 2.48. The van der Waals surface area contributed by atoms with Crippen molar-refractivity contribution >= 4 is 11.9 Å². The summed E-state index contributed by atoms with van der Waals surface area (Å²) in [5.41, 5.74) is 5.60. The smallest absolute Gasteiger partial charge is 0.326 e. The molecule has 0 saturated carbocycles. The van der Waals surface area contributed by atoms with Crippen molar-refractivity contribution in [3.63, 3.8) is 0 Å². The maximum atomic E-state index is 11.6. The van der Waals surface area contributed by atoms with E-state index in [2.05, 4.69) is 5.32 Å². The summed E-state index contributed by atoms with van der Waals surface area (Å²) in [4.78, 5) is 22.3. The molecule has 5 nitrogen and oxygen atoms in total. The normalized spacial score (nSPS) is 26.3. The molecule has 1 aliphatic rings. The number of hydrogen-bond donors (Lipinski definition) is 3. The fourth-order valence-electron chi connectivity index (χ4n) is 1.54. The molecule has 1 aliphatic carbocycles. The van der Waals surface area contributed by atoms with Crippen LogP contribution < -0.4 is 11.1 Å². The van der Waals surface area contributed by atoms with Crippen LogP contribution >= 0.6 is 0 Å². The minimum Gasteiger partial charge on any atom is -0.480 e. The standard InChI is InChI=1S/C10H16N2O3/c1-2-8(10(14)15)12-9(13)6-3-4-7(11)5-6/h3-4,6-8H,2,5,11H2,1H3,(H,12,13)(H,14,15). The summed E-state index contributed by atoms with van der Waals surface area (Å²) in [7, 11) is 0. The summed E-state index contributed by atoms with van der Waals surface area (Å²) in [5.74, 6) is -1.54. The monoisotopic (exact) mass is 212 g/mol. The third kappa shape index (κ3) is 3.06. The fraction of sp³-hybridized carbons (Fsp3) is 0.600. The first kappa shape index (κ1) is 11.7. The first-order valence-electron chi connectivity index (χ1n) is 5.01. The zero-order valence-corrected chi connectivity index (χ0v) is 8.64. The van der Waals surface area contributed by atoms with Crippen LogP contribution in [0.5, 0.6) is 0 Å². The van der Waals surface area contributed by atoms with E-state index in [9.17, 15) is 9.59 Å². The minimum absolute atomic E-state index is 0.0920. The van der Waals surface area contributed by atoms with Crippen molar-refractivity contribution in [3.8, 4) is 0 Å². The van der Waals surface area contributed by atoms with Gasteiger partial charge in [-0.05, 0) is 12.8 Å². The van der Waals surface area contributed by atoms with E-state index >= 15 is 0 Å². The maximum absolute atomic E-state index is 11.6. The summed E-state index contributed by atoms with van der Waals surface area (Å²) >= 11 is 0. The molecule has 0 heterocycles. The quantitative estimate of drug-likeness (QED) is 0.566. The maximum Gasteiger partial charge on any atom is 0.326 e. The molecule has 0 aromatic heterocycles. The largest absolute Gasteiger partial charge is 0.480 e. The average molecular weight is 212 g/mol. The van der Waals surface area contributed by atoms with Crippen molar-refractivity contribution in [2.45, 2.75) is 31.8 Å². The van der Waals surface area contributed by atoms with Gasteiger partial charge in [0.1, 0.15) is 6.04 Å². The predicted octanol–water partition coefficient (Wildman–Crippen LogP) is -0.131. The number of carbonyl (C=O) groups excluding carboxylic acids is 1. The van der Waals surface area contributed by atoms with Crippen molar-refractivity contribution in [1.82, 2.24) is 5.32 Å². The van der Waals surface area contributed by atoms with E-state index in [1.807, 2.05) is 0 Å². The zero-order chi connectivity index (χ0) is 11.4. The molecule has 15 heavy (non-hydrogen) atoms. The summed E-state index contributed by atoms with van der Waals surface area (Å²) in [6.07, 6.45) is 4.44. The van der Waals surface area contributed by atoms with Gasteiger partial charge in [-0.1, -0.05) is 19.1 Å². The van der Waals surface area contributed by atoms with Gasteiger partial charge in [0.25, 0.3) is 0 Å². The third-order valence-corrected chi connectivity index (χ3v) is 2.48. The number of amides is 1. The Labute approximate surface area is 88.3 Å². The van der Waals surface area contributed by atoms with Gasteiger partial charge in [-0.25, -0.2) is 4.79 Å². The first-order valence-corrected chi connectivity index (χ1v) is 5.01. The highest BCUT2D eigenvalue weighted by Gasteiger charge is 2.26. The summed E-state index contributed by atoms with van der Waals surface area (Å²) in [6, 6.07) is -0.895. The van der Waals surface area contributed by atoms with Gasteiger partial charge in [-0.3, -0.25) is 4.79 Å². The molecule has 0 aliphatic heterocycles. The Morgan fingerprint density at radius 3 is 2.67 bits per heavy atom. The molecule has 1 amide bonds. The Morgan fingerprint density at radius 2 is 2.27 bits per heavy atom. The number of nitrogens with two attached hydrogens (primary N) is 1. The highest BCUT2D eigenvalue weighted by atomic mass is 16.4. The van der Waals surface area contributed by atoms with E-state index in [1.54, 1.807) is 19.1 Å². The topological polar surface area (TPSA) is 92.4 Å². The number of aliphatic carboxylic acids is 1. The van der Waals surface area contributed by atoms with Crippen LogP contribution in [0.1, 0.15) is 19.8 Å². The van der Waals surface area contributed by atoms with Crippen molar-refractivity contribution in [2.24, 2.45) is 11.7 Å². The molecule has 1 rings (SSSR count). The number of carboxylic acids is 1. The molecule has 84 valence electrons. The van der Waals surface area contributed by atoms with E-state index in [0.29, 0.717) is 12.8 Å². The van der Waals surface area contributed by atoms with Gasteiger partial charge < -0.3 is 16.2 Å². The van der Waals surface area contributed by atoms with Crippen LogP contribution in [-0.2, 0) is 9.59 Å². The van der Waals surface area contributed by atoms with Gasteiger partial charge >= 0.3 is 5.97 Å². The molecule has 0 spiro atoms. The molecule has 3 atom stereocenters. The SMILES string of the molecule is CCC(NC(=O)C1C=CC(N)C1)C(=O)O. The molecule has 0 bridgehead atoms.